The lowest BCUT2D eigenvalue weighted by atomic mass is 10.1. The molecule has 0 heterocycles. The molecule has 2 rings (SSSR count). The van der Waals surface area contributed by atoms with Gasteiger partial charge in [0.05, 0.1) is 17.2 Å². The first-order valence-corrected chi connectivity index (χ1v) is 8.36. The van der Waals surface area contributed by atoms with Crippen LogP contribution in [0.25, 0.3) is 0 Å². The third kappa shape index (κ3) is 4.86. The van der Waals surface area contributed by atoms with Gasteiger partial charge in [0.2, 0.25) is 5.91 Å². The smallest absolute Gasteiger partial charge is 0.271 e. The number of hydrogen-bond acceptors (Lipinski definition) is 4. The summed E-state index contributed by atoms with van der Waals surface area (Å²) in [5.41, 5.74) is 2.01. The van der Waals surface area contributed by atoms with Gasteiger partial charge in [-0.15, -0.1) is 0 Å². The number of carbonyl (C=O) groups excluding carboxylic acids is 1. The van der Waals surface area contributed by atoms with E-state index in [1.807, 2.05) is 18.7 Å². The molecule has 0 radical (unpaired) electrons. The van der Waals surface area contributed by atoms with Crippen LogP contribution in [-0.2, 0) is 4.79 Å². The zero-order valence-electron chi connectivity index (χ0n) is 15.0. The van der Waals surface area contributed by atoms with Crippen molar-refractivity contribution in [1.82, 2.24) is 4.90 Å². The molecule has 0 aliphatic rings. The average molecular weight is 359 g/mol. The van der Waals surface area contributed by atoms with Crippen LogP contribution in [0.5, 0.6) is 0 Å². The van der Waals surface area contributed by atoms with E-state index in [1.165, 1.54) is 24.3 Å². The second kappa shape index (κ2) is 8.53. The maximum absolute atomic E-state index is 13.1. The van der Waals surface area contributed by atoms with Crippen LogP contribution in [0.2, 0.25) is 0 Å². The zero-order valence-corrected chi connectivity index (χ0v) is 15.0. The van der Waals surface area contributed by atoms with E-state index < -0.39 is 4.92 Å². The second-order valence-electron chi connectivity index (χ2n) is 6.10. The molecule has 0 aliphatic heterocycles. The SMILES string of the molecule is CCN(CC(=O)Nc1cc([N+](=O)[O-])ccc1C)C(C)c1ccc(F)cc1. The number of nitro benzene ring substituents is 1. The fourth-order valence-electron chi connectivity index (χ4n) is 2.71. The maximum Gasteiger partial charge on any atom is 0.271 e. The quantitative estimate of drug-likeness (QED) is 0.597. The van der Waals surface area contributed by atoms with Gasteiger partial charge in [-0.1, -0.05) is 25.1 Å². The first-order valence-electron chi connectivity index (χ1n) is 8.36. The van der Waals surface area contributed by atoms with Crippen molar-refractivity contribution >= 4 is 17.3 Å². The Morgan fingerprint density at radius 3 is 2.50 bits per heavy atom. The lowest BCUT2D eigenvalue weighted by Crippen LogP contribution is -2.35. The van der Waals surface area contributed by atoms with E-state index in [2.05, 4.69) is 5.32 Å². The van der Waals surface area contributed by atoms with E-state index in [1.54, 1.807) is 25.1 Å². The number of aryl methyl sites for hydroxylation is 1. The Morgan fingerprint density at radius 2 is 1.92 bits per heavy atom. The second-order valence-corrected chi connectivity index (χ2v) is 6.10. The van der Waals surface area contributed by atoms with Crippen LogP contribution >= 0.6 is 0 Å². The molecule has 1 unspecified atom stereocenters. The summed E-state index contributed by atoms with van der Waals surface area (Å²) in [5.74, 6) is -0.563. The number of carbonyl (C=O) groups is 1. The molecular formula is C19H22FN3O3. The number of non-ortho nitro benzene ring substituents is 1. The molecule has 2 aromatic rings. The van der Waals surface area contributed by atoms with Gasteiger partial charge in [-0.3, -0.25) is 19.8 Å². The highest BCUT2D eigenvalue weighted by atomic mass is 19.1. The third-order valence-electron chi connectivity index (χ3n) is 4.36. The Balaban J connectivity index is 2.08. The lowest BCUT2D eigenvalue weighted by Gasteiger charge is -2.27. The molecule has 2 aromatic carbocycles. The van der Waals surface area contributed by atoms with Crippen LogP contribution in [0.4, 0.5) is 15.8 Å². The highest BCUT2D eigenvalue weighted by Crippen LogP contribution is 2.23. The molecule has 0 aliphatic carbocycles. The predicted molar refractivity (Wildman–Crippen MR) is 98.5 cm³/mol. The Kier molecular flexibility index (Phi) is 6.41. The Bertz CT molecular complexity index is 793. The topological polar surface area (TPSA) is 75.5 Å². The summed E-state index contributed by atoms with van der Waals surface area (Å²) in [6.45, 7) is 6.41. The molecule has 0 fully saturated rings. The number of rotatable bonds is 7. The normalized spacial score (nSPS) is 12.0. The van der Waals surface area contributed by atoms with E-state index >= 15 is 0 Å². The van der Waals surface area contributed by atoms with Crippen LogP contribution in [-0.4, -0.2) is 28.8 Å². The number of anilines is 1. The van der Waals surface area contributed by atoms with E-state index in [4.69, 9.17) is 0 Å². The number of benzene rings is 2. The minimum Gasteiger partial charge on any atom is -0.324 e. The molecule has 6 nitrogen and oxygen atoms in total. The van der Waals surface area contributed by atoms with Gasteiger partial charge in [0.25, 0.3) is 5.69 Å². The maximum atomic E-state index is 13.1. The van der Waals surface area contributed by atoms with Crippen LogP contribution in [0.15, 0.2) is 42.5 Å². The van der Waals surface area contributed by atoms with Crippen LogP contribution < -0.4 is 5.32 Å². The van der Waals surface area contributed by atoms with Gasteiger partial charge < -0.3 is 5.32 Å². The molecule has 1 amide bonds. The molecule has 0 saturated heterocycles. The molecule has 0 saturated carbocycles. The Labute approximate surface area is 151 Å². The van der Waals surface area contributed by atoms with Gasteiger partial charge in [0, 0.05) is 18.2 Å². The zero-order chi connectivity index (χ0) is 19.3. The van der Waals surface area contributed by atoms with Crippen molar-refractivity contribution < 1.29 is 14.1 Å². The van der Waals surface area contributed by atoms with Gasteiger partial charge >= 0.3 is 0 Å². The van der Waals surface area contributed by atoms with Crippen molar-refractivity contribution in [2.75, 3.05) is 18.4 Å². The standard InChI is InChI=1S/C19H22FN3O3/c1-4-22(14(3)15-6-8-16(20)9-7-15)12-19(24)21-18-11-17(23(25)26)10-5-13(18)2/h5-11,14H,4,12H2,1-3H3,(H,21,24). The lowest BCUT2D eigenvalue weighted by molar-refractivity contribution is -0.384. The van der Waals surface area contributed by atoms with Crippen molar-refractivity contribution in [3.05, 3.63) is 69.5 Å². The van der Waals surface area contributed by atoms with Crippen LogP contribution in [0.1, 0.15) is 31.0 Å². The predicted octanol–water partition coefficient (Wildman–Crippen LogP) is 4.06. The first-order chi connectivity index (χ1) is 12.3. The molecule has 26 heavy (non-hydrogen) atoms. The minimum atomic E-state index is -0.496. The number of likely N-dealkylation sites (N-methyl/N-ethyl adjacent to an activating group) is 1. The summed E-state index contributed by atoms with van der Waals surface area (Å²) in [4.78, 5) is 24.8. The van der Waals surface area contributed by atoms with Crippen molar-refractivity contribution in [2.24, 2.45) is 0 Å². The summed E-state index contributed by atoms with van der Waals surface area (Å²) in [5, 5.41) is 13.6. The fraction of sp³-hybridized carbons (Fsp3) is 0.316. The van der Waals surface area contributed by atoms with Crippen LogP contribution in [0.3, 0.4) is 0 Å². The van der Waals surface area contributed by atoms with Crippen molar-refractivity contribution in [1.29, 1.82) is 0 Å². The molecular weight excluding hydrogens is 337 g/mol. The van der Waals surface area contributed by atoms with Crippen LogP contribution in [0, 0.1) is 22.9 Å². The van der Waals surface area contributed by atoms with Crippen molar-refractivity contribution in [2.45, 2.75) is 26.8 Å². The highest BCUT2D eigenvalue weighted by Gasteiger charge is 2.18. The third-order valence-corrected chi connectivity index (χ3v) is 4.36. The summed E-state index contributed by atoms with van der Waals surface area (Å²) in [7, 11) is 0. The number of nitrogens with zero attached hydrogens (tertiary/aromatic N) is 2. The number of halogens is 1. The molecule has 0 aromatic heterocycles. The van der Waals surface area contributed by atoms with Crippen molar-refractivity contribution in [3.8, 4) is 0 Å². The monoisotopic (exact) mass is 359 g/mol. The summed E-state index contributed by atoms with van der Waals surface area (Å²) in [6.07, 6.45) is 0. The number of amides is 1. The van der Waals surface area contributed by atoms with Gasteiger partial charge in [0.1, 0.15) is 5.82 Å². The number of nitro groups is 1. The molecule has 1 N–H and O–H groups in total. The van der Waals surface area contributed by atoms with E-state index in [0.717, 1.165) is 11.1 Å². The van der Waals surface area contributed by atoms with Gasteiger partial charge in [0.15, 0.2) is 0 Å². The Hall–Kier alpha value is -2.80. The summed E-state index contributed by atoms with van der Waals surface area (Å²) < 4.78 is 13.1. The van der Waals surface area contributed by atoms with E-state index in [9.17, 15) is 19.3 Å². The first kappa shape index (κ1) is 19.5. The van der Waals surface area contributed by atoms with E-state index in [0.29, 0.717) is 12.2 Å². The largest absolute Gasteiger partial charge is 0.324 e. The molecule has 7 heteroatoms. The number of hydrogen-bond donors (Lipinski definition) is 1. The molecule has 0 spiro atoms. The van der Waals surface area contributed by atoms with E-state index in [-0.39, 0.29) is 30.0 Å². The molecule has 1 atom stereocenters. The highest BCUT2D eigenvalue weighted by molar-refractivity contribution is 5.93. The van der Waals surface area contributed by atoms with Crippen molar-refractivity contribution in [3.63, 3.8) is 0 Å². The Morgan fingerprint density at radius 1 is 1.27 bits per heavy atom. The van der Waals surface area contributed by atoms with Gasteiger partial charge in [-0.05, 0) is 43.7 Å². The summed E-state index contributed by atoms with van der Waals surface area (Å²) >= 11 is 0. The molecule has 138 valence electrons. The number of nitrogens with one attached hydrogen (secondary N) is 1. The minimum absolute atomic E-state index is 0.0714. The molecule has 0 bridgehead atoms. The van der Waals surface area contributed by atoms with Gasteiger partial charge in [-0.2, -0.15) is 0 Å². The van der Waals surface area contributed by atoms with Gasteiger partial charge in [-0.25, -0.2) is 4.39 Å². The fourth-order valence-corrected chi connectivity index (χ4v) is 2.71. The summed E-state index contributed by atoms with van der Waals surface area (Å²) in [6, 6.07) is 10.5. The average Bonchev–Trinajstić information content (AvgIpc) is 2.61.